The maximum absolute atomic E-state index is 4.76. The van der Waals surface area contributed by atoms with Gasteiger partial charge in [-0.15, -0.1) is 0 Å². The summed E-state index contributed by atoms with van der Waals surface area (Å²) in [5, 5.41) is 0. The third-order valence-corrected chi connectivity index (χ3v) is 1.10. The van der Waals surface area contributed by atoms with Crippen molar-refractivity contribution in [3.8, 4) is 0 Å². The van der Waals surface area contributed by atoms with Crippen molar-refractivity contribution in [2.24, 2.45) is 0 Å². The van der Waals surface area contributed by atoms with Crippen LogP contribution in [0.1, 0.15) is 26.2 Å². The van der Waals surface area contributed by atoms with Crippen molar-refractivity contribution in [1.29, 1.82) is 0 Å². The molecule has 1 unspecified atom stereocenters. The number of rotatable bonds is 4. The van der Waals surface area contributed by atoms with Crippen molar-refractivity contribution in [1.82, 2.24) is 0 Å². The molecule has 1 nitrogen and oxygen atoms in total. The fraction of sp³-hybridized carbons (Fsp3) is 1.00. The molecule has 0 aromatic heterocycles. The first-order chi connectivity index (χ1) is 3.41. The van der Waals surface area contributed by atoms with Crippen LogP contribution >= 0.6 is 9.47 Å². The molecule has 0 heterocycles. The number of hydrogen-bond donors (Lipinski definition) is 0. The first kappa shape index (κ1) is 7.39. The van der Waals surface area contributed by atoms with Crippen LogP contribution in [0, 0.1) is 0 Å². The van der Waals surface area contributed by atoms with Crippen molar-refractivity contribution < 1.29 is 4.52 Å². The molecule has 0 aliphatic rings. The van der Waals surface area contributed by atoms with E-state index in [9.17, 15) is 0 Å². The Balaban J connectivity index is 2.45. The van der Waals surface area contributed by atoms with Gasteiger partial charge in [-0.3, -0.25) is 0 Å². The summed E-state index contributed by atoms with van der Waals surface area (Å²) < 4.78 is 4.76. The van der Waals surface area contributed by atoms with E-state index in [0.29, 0.717) is 0 Å². The Bertz CT molecular complexity index is 27.3. The molecule has 0 saturated carbocycles. The fourth-order valence-corrected chi connectivity index (χ4v) is 0.602. The molecule has 1 atom stereocenters. The lowest BCUT2D eigenvalue weighted by atomic mass is 10.3. The van der Waals surface area contributed by atoms with E-state index >= 15 is 0 Å². The molecule has 0 radical (unpaired) electrons. The van der Waals surface area contributed by atoms with Crippen LogP contribution in [0.3, 0.4) is 0 Å². The molecule has 2 heteroatoms. The molecule has 0 N–H and O–H groups in total. The van der Waals surface area contributed by atoms with Gasteiger partial charge >= 0.3 is 0 Å². The molecule has 0 aromatic carbocycles. The molecule has 0 spiro atoms. The van der Waals surface area contributed by atoms with E-state index in [2.05, 4.69) is 16.4 Å². The normalized spacial score (nSPS) is 9.43. The quantitative estimate of drug-likeness (QED) is 0.407. The van der Waals surface area contributed by atoms with Gasteiger partial charge in [-0.05, 0) is 6.42 Å². The van der Waals surface area contributed by atoms with E-state index in [0.717, 1.165) is 6.61 Å². The molecule has 0 rings (SSSR count). The van der Waals surface area contributed by atoms with Gasteiger partial charge in [-0.25, -0.2) is 0 Å². The molecule has 0 amide bonds. The summed E-state index contributed by atoms with van der Waals surface area (Å²) in [6.07, 6.45) is 3.75. The first-order valence-corrected chi connectivity index (χ1v) is 3.20. The summed E-state index contributed by atoms with van der Waals surface area (Å²) in [4.78, 5) is 0. The fourth-order valence-electron chi connectivity index (χ4n) is 0.435. The molecular weight excluding hydrogens is 107 g/mol. The summed E-state index contributed by atoms with van der Waals surface area (Å²) in [5.41, 5.74) is 0. The average molecular weight is 120 g/mol. The van der Waals surface area contributed by atoms with E-state index in [1.165, 1.54) is 19.3 Å². The summed E-state index contributed by atoms with van der Waals surface area (Å²) in [7, 11) is 2.25. The van der Waals surface area contributed by atoms with E-state index in [1.807, 2.05) is 0 Å². The SMILES string of the molecule is CCCCCOP. The van der Waals surface area contributed by atoms with Gasteiger partial charge in [0.2, 0.25) is 0 Å². The van der Waals surface area contributed by atoms with Crippen LogP contribution in [-0.2, 0) is 4.52 Å². The Hall–Kier alpha value is 0.390. The second-order valence-corrected chi connectivity index (χ2v) is 1.91. The lowest BCUT2D eigenvalue weighted by Gasteiger charge is -1.92. The van der Waals surface area contributed by atoms with Crippen molar-refractivity contribution in [3.63, 3.8) is 0 Å². The third kappa shape index (κ3) is 6.39. The predicted molar refractivity (Wildman–Crippen MR) is 35.2 cm³/mol. The Morgan fingerprint density at radius 2 is 2.14 bits per heavy atom. The highest BCUT2D eigenvalue weighted by Gasteiger charge is 1.80. The molecule has 0 aliphatic heterocycles. The number of unbranched alkanes of at least 4 members (excludes halogenated alkanes) is 2. The first-order valence-electron chi connectivity index (χ1n) is 2.73. The minimum atomic E-state index is 0.887. The molecule has 0 aromatic rings. The Labute approximate surface area is 47.7 Å². The number of hydrogen-bond acceptors (Lipinski definition) is 1. The molecular formula is C5H13OP. The zero-order valence-corrected chi connectivity index (χ0v) is 5.97. The zero-order valence-electron chi connectivity index (χ0n) is 4.81. The predicted octanol–water partition coefficient (Wildman–Crippen LogP) is 1.98. The standard InChI is InChI=1S/C5H13OP/c1-2-3-4-5-6-7/h2-5,7H2,1H3. The molecule has 0 saturated heterocycles. The van der Waals surface area contributed by atoms with Gasteiger partial charge in [0.15, 0.2) is 0 Å². The maximum atomic E-state index is 4.76. The molecule has 0 bridgehead atoms. The monoisotopic (exact) mass is 120 g/mol. The third-order valence-electron chi connectivity index (χ3n) is 0.866. The molecule has 7 heavy (non-hydrogen) atoms. The van der Waals surface area contributed by atoms with Gasteiger partial charge in [0.1, 0.15) is 0 Å². The van der Waals surface area contributed by atoms with Gasteiger partial charge in [0.25, 0.3) is 0 Å². The van der Waals surface area contributed by atoms with Crippen LogP contribution in [0.5, 0.6) is 0 Å². The lowest BCUT2D eigenvalue weighted by molar-refractivity contribution is 0.356. The van der Waals surface area contributed by atoms with Gasteiger partial charge in [-0.1, -0.05) is 19.8 Å². The minimum absolute atomic E-state index is 0.887. The second kappa shape index (κ2) is 6.39. The second-order valence-electron chi connectivity index (χ2n) is 1.58. The molecule has 0 aliphatic carbocycles. The van der Waals surface area contributed by atoms with Crippen molar-refractivity contribution in [2.75, 3.05) is 6.61 Å². The van der Waals surface area contributed by atoms with Crippen LogP contribution in [0.2, 0.25) is 0 Å². The summed E-state index contributed by atoms with van der Waals surface area (Å²) in [6.45, 7) is 3.07. The van der Waals surface area contributed by atoms with Gasteiger partial charge in [0, 0.05) is 9.47 Å². The van der Waals surface area contributed by atoms with Gasteiger partial charge in [-0.2, -0.15) is 0 Å². The Morgan fingerprint density at radius 3 is 2.57 bits per heavy atom. The summed E-state index contributed by atoms with van der Waals surface area (Å²) >= 11 is 0. The van der Waals surface area contributed by atoms with Crippen LogP contribution < -0.4 is 0 Å². The summed E-state index contributed by atoms with van der Waals surface area (Å²) in [5.74, 6) is 0. The zero-order chi connectivity index (χ0) is 5.54. The van der Waals surface area contributed by atoms with Crippen LogP contribution in [0.25, 0.3) is 0 Å². The van der Waals surface area contributed by atoms with Crippen molar-refractivity contribution in [2.45, 2.75) is 26.2 Å². The van der Waals surface area contributed by atoms with Crippen LogP contribution in [-0.4, -0.2) is 6.61 Å². The Morgan fingerprint density at radius 1 is 1.43 bits per heavy atom. The smallest absolute Gasteiger partial charge is 0.0501 e. The van der Waals surface area contributed by atoms with Crippen molar-refractivity contribution in [3.05, 3.63) is 0 Å². The largest absolute Gasteiger partial charge is 0.366 e. The average Bonchev–Trinajstić information content (AvgIpc) is 1.69. The summed E-state index contributed by atoms with van der Waals surface area (Å²) in [6, 6.07) is 0. The highest BCUT2D eigenvalue weighted by Crippen LogP contribution is 1.95. The highest BCUT2D eigenvalue weighted by atomic mass is 31.0. The van der Waals surface area contributed by atoms with E-state index in [-0.39, 0.29) is 0 Å². The molecule has 44 valence electrons. The minimum Gasteiger partial charge on any atom is -0.366 e. The maximum Gasteiger partial charge on any atom is 0.0501 e. The van der Waals surface area contributed by atoms with Gasteiger partial charge in [0.05, 0.1) is 6.61 Å². The van der Waals surface area contributed by atoms with Gasteiger partial charge < -0.3 is 4.52 Å². The molecule has 0 fully saturated rings. The van der Waals surface area contributed by atoms with Crippen LogP contribution in [0.4, 0.5) is 0 Å². The highest BCUT2D eigenvalue weighted by molar-refractivity contribution is 7.09. The Kier molecular flexibility index (Phi) is 6.75. The van der Waals surface area contributed by atoms with E-state index < -0.39 is 0 Å². The van der Waals surface area contributed by atoms with E-state index in [1.54, 1.807) is 0 Å². The van der Waals surface area contributed by atoms with Crippen LogP contribution in [0.15, 0.2) is 0 Å². The lowest BCUT2D eigenvalue weighted by Crippen LogP contribution is -1.80. The topological polar surface area (TPSA) is 9.23 Å². The van der Waals surface area contributed by atoms with Crippen molar-refractivity contribution >= 4 is 9.47 Å². The van der Waals surface area contributed by atoms with E-state index in [4.69, 9.17) is 4.52 Å².